The number of amides is 2. The minimum atomic E-state index is -0.376. The molecule has 1 aromatic carbocycles. The number of hydrazine groups is 1. The highest BCUT2D eigenvalue weighted by molar-refractivity contribution is 7.98. The molecule has 1 rings (SSSR count). The number of nitrogens with one attached hydrogen (secondary N) is 2. The van der Waals surface area contributed by atoms with Crippen LogP contribution in [0.2, 0.25) is 0 Å². The molecule has 0 aromatic heterocycles. The molecule has 4 nitrogen and oxygen atoms in total. The second kappa shape index (κ2) is 5.51. The summed E-state index contributed by atoms with van der Waals surface area (Å²) >= 11 is 1.69. The van der Waals surface area contributed by atoms with E-state index in [0.717, 1.165) is 5.56 Å². The lowest BCUT2D eigenvalue weighted by atomic mass is 10.2. The van der Waals surface area contributed by atoms with Crippen molar-refractivity contribution in [2.45, 2.75) is 11.4 Å². The molecule has 0 unspecified atom stereocenters. The number of urea groups is 1. The fourth-order valence-electron chi connectivity index (χ4n) is 0.977. The lowest BCUT2D eigenvalue weighted by Gasteiger charge is -2.04. The fraction of sp³-hybridized carbons (Fsp3) is 0.222. The summed E-state index contributed by atoms with van der Waals surface area (Å²) in [6.07, 6.45) is 2.02. The molecule has 0 aliphatic heterocycles. The standard InChI is InChI=1S/C9H13N3OS/c1-14-8-4-2-7(3-5-8)6-11-9(13)12-10/h2-5H,6,10H2,1H3,(H2,11,12,13). The van der Waals surface area contributed by atoms with Crippen LogP contribution in [0.3, 0.4) is 0 Å². The van der Waals surface area contributed by atoms with Gasteiger partial charge in [0.15, 0.2) is 0 Å². The quantitative estimate of drug-likeness (QED) is 0.303. The molecule has 5 heteroatoms. The van der Waals surface area contributed by atoms with Gasteiger partial charge >= 0.3 is 6.03 Å². The van der Waals surface area contributed by atoms with Gasteiger partial charge in [-0.3, -0.25) is 5.43 Å². The van der Waals surface area contributed by atoms with Crippen LogP contribution in [0, 0.1) is 0 Å². The SMILES string of the molecule is CSc1ccc(CNC(=O)NN)cc1. The predicted octanol–water partition coefficient (Wildman–Crippen LogP) is 1.08. The maximum Gasteiger partial charge on any atom is 0.329 e. The topological polar surface area (TPSA) is 67.2 Å². The van der Waals surface area contributed by atoms with Gasteiger partial charge in [0.2, 0.25) is 0 Å². The summed E-state index contributed by atoms with van der Waals surface area (Å²) < 4.78 is 0. The van der Waals surface area contributed by atoms with Crippen molar-refractivity contribution < 1.29 is 4.79 Å². The van der Waals surface area contributed by atoms with Gasteiger partial charge in [0.25, 0.3) is 0 Å². The van der Waals surface area contributed by atoms with Crippen molar-refractivity contribution in [1.29, 1.82) is 0 Å². The molecule has 76 valence electrons. The van der Waals surface area contributed by atoms with Gasteiger partial charge in [-0.05, 0) is 24.0 Å². The third-order valence-electron chi connectivity index (χ3n) is 1.74. The highest BCUT2D eigenvalue weighted by atomic mass is 32.2. The van der Waals surface area contributed by atoms with Crippen molar-refractivity contribution in [1.82, 2.24) is 10.7 Å². The van der Waals surface area contributed by atoms with E-state index in [0.29, 0.717) is 6.54 Å². The van der Waals surface area contributed by atoms with Crippen LogP contribution in [0.15, 0.2) is 29.2 Å². The smallest absolute Gasteiger partial charge is 0.329 e. The highest BCUT2D eigenvalue weighted by Crippen LogP contribution is 2.14. The molecule has 14 heavy (non-hydrogen) atoms. The molecule has 0 heterocycles. The van der Waals surface area contributed by atoms with Gasteiger partial charge < -0.3 is 5.32 Å². The lowest BCUT2D eigenvalue weighted by Crippen LogP contribution is -2.39. The van der Waals surface area contributed by atoms with Gasteiger partial charge in [0.1, 0.15) is 0 Å². The van der Waals surface area contributed by atoms with Crippen LogP contribution in [-0.4, -0.2) is 12.3 Å². The number of nitrogens with two attached hydrogens (primary N) is 1. The van der Waals surface area contributed by atoms with Crippen molar-refractivity contribution in [2.75, 3.05) is 6.26 Å². The van der Waals surface area contributed by atoms with Crippen LogP contribution in [0.1, 0.15) is 5.56 Å². The predicted molar refractivity (Wildman–Crippen MR) is 57.8 cm³/mol. The van der Waals surface area contributed by atoms with Gasteiger partial charge in [-0.25, -0.2) is 10.6 Å². The zero-order valence-electron chi connectivity index (χ0n) is 7.91. The molecule has 0 bridgehead atoms. The molecule has 4 N–H and O–H groups in total. The van der Waals surface area contributed by atoms with Crippen molar-refractivity contribution in [2.24, 2.45) is 5.84 Å². The first kappa shape index (κ1) is 10.9. The van der Waals surface area contributed by atoms with E-state index in [9.17, 15) is 4.79 Å². The van der Waals surface area contributed by atoms with Crippen LogP contribution < -0.4 is 16.6 Å². The van der Waals surface area contributed by atoms with E-state index in [4.69, 9.17) is 5.84 Å². The maximum absolute atomic E-state index is 10.8. The molecular weight excluding hydrogens is 198 g/mol. The van der Waals surface area contributed by atoms with Gasteiger partial charge in [0, 0.05) is 11.4 Å². The average molecular weight is 211 g/mol. The first-order chi connectivity index (χ1) is 6.76. The molecule has 1 aromatic rings. The van der Waals surface area contributed by atoms with Gasteiger partial charge in [-0.1, -0.05) is 12.1 Å². The minimum absolute atomic E-state index is 0.376. The first-order valence-corrected chi connectivity index (χ1v) is 5.36. The molecule has 0 atom stereocenters. The van der Waals surface area contributed by atoms with Crippen molar-refractivity contribution in [3.05, 3.63) is 29.8 Å². The van der Waals surface area contributed by atoms with Crippen molar-refractivity contribution in [3.63, 3.8) is 0 Å². The summed E-state index contributed by atoms with van der Waals surface area (Å²) in [6, 6.07) is 7.61. The second-order valence-electron chi connectivity index (χ2n) is 2.68. The average Bonchev–Trinajstić information content (AvgIpc) is 2.26. The van der Waals surface area contributed by atoms with Crippen LogP contribution in [0.4, 0.5) is 4.79 Å². The normalized spacial score (nSPS) is 9.57. The number of benzene rings is 1. The van der Waals surface area contributed by atoms with Gasteiger partial charge in [-0.15, -0.1) is 11.8 Å². The molecule has 0 aliphatic carbocycles. The molecular formula is C9H13N3OS. The lowest BCUT2D eigenvalue weighted by molar-refractivity contribution is 0.241. The zero-order valence-corrected chi connectivity index (χ0v) is 8.73. The third-order valence-corrected chi connectivity index (χ3v) is 2.49. The first-order valence-electron chi connectivity index (χ1n) is 4.13. The Kier molecular flexibility index (Phi) is 4.28. The monoisotopic (exact) mass is 211 g/mol. The Balaban J connectivity index is 2.47. The molecule has 2 amide bonds. The number of hydrogen-bond acceptors (Lipinski definition) is 3. The Bertz CT molecular complexity index is 299. The molecule has 0 saturated carbocycles. The molecule has 0 aliphatic rings. The molecule has 0 saturated heterocycles. The number of rotatable bonds is 3. The number of carbonyl (C=O) groups excluding carboxylic acids is 1. The molecule has 0 radical (unpaired) electrons. The minimum Gasteiger partial charge on any atom is -0.333 e. The van der Waals surface area contributed by atoms with Crippen LogP contribution in [0.25, 0.3) is 0 Å². The van der Waals surface area contributed by atoms with Gasteiger partial charge in [-0.2, -0.15) is 0 Å². The van der Waals surface area contributed by atoms with Crippen LogP contribution in [-0.2, 0) is 6.54 Å². The number of carbonyl (C=O) groups is 1. The van der Waals surface area contributed by atoms with E-state index < -0.39 is 0 Å². The number of hydrogen-bond donors (Lipinski definition) is 3. The Morgan fingerprint density at radius 2 is 2.07 bits per heavy atom. The summed E-state index contributed by atoms with van der Waals surface area (Å²) in [5.74, 6) is 4.92. The van der Waals surface area contributed by atoms with E-state index in [1.54, 1.807) is 11.8 Å². The van der Waals surface area contributed by atoms with E-state index in [-0.39, 0.29) is 6.03 Å². The van der Waals surface area contributed by atoms with Gasteiger partial charge in [0.05, 0.1) is 0 Å². The Morgan fingerprint density at radius 3 is 2.57 bits per heavy atom. The Labute approximate surface area is 87.2 Å². The largest absolute Gasteiger partial charge is 0.333 e. The summed E-state index contributed by atoms with van der Waals surface area (Å²) in [6.45, 7) is 0.484. The fourth-order valence-corrected chi connectivity index (χ4v) is 1.39. The molecule has 0 spiro atoms. The van der Waals surface area contributed by atoms with E-state index in [2.05, 4.69) is 5.32 Å². The van der Waals surface area contributed by atoms with Crippen molar-refractivity contribution >= 4 is 17.8 Å². The Hall–Kier alpha value is -1.20. The third kappa shape index (κ3) is 3.27. The summed E-state index contributed by atoms with van der Waals surface area (Å²) in [5, 5.41) is 2.60. The highest BCUT2D eigenvalue weighted by Gasteiger charge is 1.97. The van der Waals surface area contributed by atoms with Crippen LogP contribution >= 0.6 is 11.8 Å². The Morgan fingerprint density at radius 1 is 1.43 bits per heavy atom. The van der Waals surface area contributed by atoms with E-state index >= 15 is 0 Å². The zero-order chi connectivity index (χ0) is 10.4. The van der Waals surface area contributed by atoms with Crippen molar-refractivity contribution in [3.8, 4) is 0 Å². The van der Waals surface area contributed by atoms with Crippen LogP contribution in [0.5, 0.6) is 0 Å². The number of thioether (sulfide) groups is 1. The summed E-state index contributed by atoms with van der Waals surface area (Å²) in [5.41, 5.74) is 3.05. The second-order valence-corrected chi connectivity index (χ2v) is 3.55. The summed E-state index contributed by atoms with van der Waals surface area (Å²) in [7, 11) is 0. The molecule has 0 fully saturated rings. The van der Waals surface area contributed by atoms with E-state index in [1.165, 1.54) is 4.90 Å². The summed E-state index contributed by atoms with van der Waals surface area (Å²) in [4.78, 5) is 12.0. The van der Waals surface area contributed by atoms with E-state index in [1.807, 2.05) is 35.9 Å². The maximum atomic E-state index is 10.8.